The SMILES string of the molecule is CNc1ncc([N+](=O)[O-])c(SCC(O)CO)n1. The third kappa shape index (κ3) is 3.80. The van der Waals surface area contributed by atoms with Crippen molar-refractivity contribution in [2.75, 3.05) is 24.7 Å². The van der Waals surface area contributed by atoms with E-state index >= 15 is 0 Å². The molecule has 1 rings (SSSR count). The number of aliphatic hydroxyl groups excluding tert-OH is 2. The molecule has 9 heteroatoms. The number of aromatic nitrogens is 2. The third-order valence-electron chi connectivity index (χ3n) is 1.78. The zero-order valence-corrected chi connectivity index (χ0v) is 9.85. The lowest BCUT2D eigenvalue weighted by molar-refractivity contribution is -0.388. The van der Waals surface area contributed by atoms with Crippen molar-refractivity contribution in [3.63, 3.8) is 0 Å². The van der Waals surface area contributed by atoms with Crippen LogP contribution in [0.3, 0.4) is 0 Å². The van der Waals surface area contributed by atoms with Gasteiger partial charge >= 0.3 is 5.69 Å². The number of nitrogens with one attached hydrogen (secondary N) is 1. The van der Waals surface area contributed by atoms with E-state index in [-0.39, 0.29) is 22.4 Å². The van der Waals surface area contributed by atoms with Gasteiger partial charge in [0, 0.05) is 12.8 Å². The zero-order valence-electron chi connectivity index (χ0n) is 9.03. The molecular formula is C8H12N4O4S. The Bertz CT molecular complexity index is 403. The highest BCUT2D eigenvalue weighted by Gasteiger charge is 2.18. The van der Waals surface area contributed by atoms with Crippen molar-refractivity contribution in [2.24, 2.45) is 0 Å². The minimum Gasteiger partial charge on any atom is -0.394 e. The smallest absolute Gasteiger partial charge is 0.319 e. The van der Waals surface area contributed by atoms with Crippen LogP contribution >= 0.6 is 11.8 Å². The van der Waals surface area contributed by atoms with Crippen molar-refractivity contribution in [1.29, 1.82) is 0 Å². The molecule has 0 saturated carbocycles. The molecule has 94 valence electrons. The fourth-order valence-corrected chi connectivity index (χ4v) is 1.82. The number of nitro groups is 1. The second-order valence-electron chi connectivity index (χ2n) is 3.04. The Labute approximate surface area is 101 Å². The van der Waals surface area contributed by atoms with E-state index in [2.05, 4.69) is 15.3 Å². The molecule has 17 heavy (non-hydrogen) atoms. The summed E-state index contributed by atoms with van der Waals surface area (Å²) in [5.74, 6) is 0.383. The largest absolute Gasteiger partial charge is 0.394 e. The molecule has 1 heterocycles. The first kappa shape index (κ1) is 13.6. The van der Waals surface area contributed by atoms with Gasteiger partial charge in [-0.1, -0.05) is 11.8 Å². The summed E-state index contributed by atoms with van der Waals surface area (Å²) < 4.78 is 0. The number of thioether (sulfide) groups is 1. The van der Waals surface area contributed by atoms with Crippen LogP contribution in [0.1, 0.15) is 0 Å². The van der Waals surface area contributed by atoms with Gasteiger partial charge in [0.25, 0.3) is 0 Å². The second kappa shape index (κ2) is 6.33. The van der Waals surface area contributed by atoms with Gasteiger partial charge in [-0.3, -0.25) is 10.1 Å². The summed E-state index contributed by atoms with van der Waals surface area (Å²) in [6.07, 6.45) is 0.166. The van der Waals surface area contributed by atoms with Crippen LogP contribution in [0.2, 0.25) is 0 Å². The Hall–Kier alpha value is -1.45. The lowest BCUT2D eigenvalue weighted by Gasteiger charge is -2.07. The Kier molecular flexibility index (Phi) is 5.07. The molecule has 0 saturated heterocycles. The number of anilines is 1. The van der Waals surface area contributed by atoms with Crippen LogP contribution in [0.25, 0.3) is 0 Å². The Morgan fingerprint density at radius 1 is 1.71 bits per heavy atom. The number of nitrogens with zero attached hydrogens (tertiary/aromatic N) is 3. The average molecular weight is 260 g/mol. The van der Waals surface area contributed by atoms with E-state index in [4.69, 9.17) is 5.11 Å². The first-order chi connectivity index (χ1) is 8.08. The van der Waals surface area contributed by atoms with E-state index in [9.17, 15) is 15.2 Å². The molecule has 8 nitrogen and oxygen atoms in total. The van der Waals surface area contributed by atoms with E-state index in [0.717, 1.165) is 18.0 Å². The standard InChI is InChI=1S/C8H12N4O4S/c1-9-8-10-2-6(12(15)16)7(11-8)17-4-5(14)3-13/h2,5,13-14H,3-4H2,1H3,(H,9,10,11). The molecule has 0 aliphatic heterocycles. The number of aliphatic hydroxyl groups is 2. The molecule has 0 bridgehead atoms. The van der Waals surface area contributed by atoms with Gasteiger partial charge in [-0.2, -0.15) is 4.98 Å². The summed E-state index contributed by atoms with van der Waals surface area (Å²) in [5.41, 5.74) is -0.223. The molecular weight excluding hydrogens is 248 g/mol. The fraction of sp³-hybridized carbons (Fsp3) is 0.500. The fourth-order valence-electron chi connectivity index (χ4n) is 0.940. The minimum atomic E-state index is -0.937. The maximum Gasteiger partial charge on any atom is 0.319 e. The average Bonchev–Trinajstić information content (AvgIpc) is 2.35. The number of hydrogen-bond donors (Lipinski definition) is 3. The van der Waals surface area contributed by atoms with Crippen molar-refractivity contribution in [2.45, 2.75) is 11.1 Å². The molecule has 1 aromatic heterocycles. The highest BCUT2D eigenvalue weighted by molar-refractivity contribution is 7.99. The summed E-state index contributed by atoms with van der Waals surface area (Å²) in [7, 11) is 1.60. The Morgan fingerprint density at radius 3 is 2.94 bits per heavy atom. The summed E-state index contributed by atoms with van der Waals surface area (Å²) in [5, 5.41) is 31.4. The Balaban J connectivity index is 2.89. The van der Waals surface area contributed by atoms with Gasteiger partial charge < -0.3 is 15.5 Å². The topological polar surface area (TPSA) is 121 Å². The lowest BCUT2D eigenvalue weighted by atomic mass is 10.4. The molecule has 0 aliphatic carbocycles. The molecule has 0 aliphatic rings. The minimum absolute atomic E-state index is 0.123. The number of rotatable bonds is 6. The highest BCUT2D eigenvalue weighted by atomic mass is 32.2. The van der Waals surface area contributed by atoms with Crippen LogP contribution in [0.15, 0.2) is 11.2 Å². The predicted molar refractivity (Wildman–Crippen MR) is 62.0 cm³/mol. The summed E-state index contributed by atoms with van der Waals surface area (Å²) >= 11 is 0.995. The third-order valence-corrected chi connectivity index (χ3v) is 2.90. The molecule has 0 amide bonds. The highest BCUT2D eigenvalue weighted by Crippen LogP contribution is 2.27. The maximum absolute atomic E-state index is 10.7. The van der Waals surface area contributed by atoms with Crippen molar-refractivity contribution >= 4 is 23.4 Å². The van der Waals surface area contributed by atoms with Gasteiger partial charge in [-0.15, -0.1) is 0 Å². The van der Waals surface area contributed by atoms with Crippen LogP contribution in [0.4, 0.5) is 11.6 Å². The van der Waals surface area contributed by atoms with Crippen molar-refractivity contribution in [1.82, 2.24) is 9.97 Å². The van der Waals surface area contributed by atoms with Crippen LogP contribution in [-0.4, -0.2) is 50.6 Å². The van der Waals surface area contributed by atoms with Crippen LogP contribution in [-0.2, 0) is 0 Å². The second-order valence-corrected chi connectivity index (χ2v) is 4.05. The van der Waals surface area contributed by atoms with Gasteiger partial charge in [0.1, 0.15) is 6.20 Å². The van der Waals surface area contributed by atoms with Gasteiger partial charge in [0.15, 0.2) is 5.03 Å². The van der Waals surface area contributed by atoms with E-state index in [1.54, 1.807) is 7.05 Å². The molecule has 0 spiro atoms. The molecule has 0 aromatic carbocycles. The lowest BCUT2D eigenvalue weighted by Crippen LogP contribution is -2.15. The zero-order chi connectivity index (χ0) is 12.8. The van der Waals surface area contributed by atoms with Crippen molar-refractivity contribution < 1.29 is 15.1 Å². The van der Waals surface area contributed by atoms with Crippen molar-refractivity contribution in [3.05, 3.63) is 16.3 Å². The first-order valence-corrected chi connectivity index (χ1v) is 5.68. The van der Waals surface area contributed by atoms with Crippen LogP contribution in [0, 0.1) is 10.1 Å². The molecule has 0 fully saturated rings. The predicted octanol–water partition coefficient (Wildman–Crippen LogP) is -0.128. The van der Waals surface area contributed by atoms with Crippen LogP contribution < -0.4 is 5.32 Å². The summed E-state index contributed by atoms with van der Waals surface area (Å²) in [4.78, 5) is 17.8. The molecule has 3 N–H and O–H groups in total. The van der Waals surface area contributed by atoms with Crippen molar-refractivity contribution in [3.8, 4) is 0 Å². The monoisotopic (exact) mass is 260 g/mol. The molecule has 0 radical (unpaired) electrons. The van der Waals surface area contributed by atoms with Gasteiger partial charge in [-0.05, 0) is 0 Å². The van der Waals surface area contributed by atoms with Crippen LogP contribution in [0.5, 0.6) is 0 Å². The van der Waals surface area contributed by atoms with Gasteiger partial charge in [0.05, 0.1) is 17.6 Å². The Morgan fingerprint density at radius 2 is 2.41 bits per heavy atom. The number of hydrogen-bond acceptors (Lipinski definition) is 8. The van der Waals surface area contributed by atoms with E-state index in [1.165, 1.54) is 0 Å². The summed E-state index contributed by atoms with van der Waals surface area (Å²) in [6.45, 7) is -0.398. The van der Waals surface area contributed by atoms with E-state index < -0.39 is 17.6 Å². The molecule has 1 unspecified atom stereocenters. The van der Waals surface area contributed by atoms with Gasteiger partial charge in [-0.25, -0.2) is 4.98 Å². The molecule has 1 aromatic rings. The first-order valence-electron chi connectivity index (χ1n) is 4.69. The quantitative estimate of drug-likeness (QED) is 0.280. The normalized spacial score (nSPS) is 12.2. The van der Waals surface area contributed by atoms with E-state index in [1.807, 2.05) is 0 Å². The maximum atomic E-state index is 10.7. The van der Waals surface area contributed by atoms with Gasteiger partial charge in [0.2, 0.25) is 5.95 Å². The molecule has 1 atom stereocenters. The van der Waals surface area contributed by atoms with E-state index in [0.29, 0.717) is 0 Å². The summed E-state index contributed by atoms with van der Waals surface area (Å²) in [6, 6.07) is 0.